The van der Waals surface area contributed by atoms with Crippen molar-refractivity contribution in [2.75, 3.05) is 6.61 Å². The molecular weight excluding hydrogens is 294 g/mol. The van der Waals surface area contributed by atoms with Crippen LogP contribution >= 0.6 is 0 Å². The van der Waals surface area contributed by atoms with Gasteiger partial charge < -0.3 is 4.74 Å². The Morgan fingerprint density at radius 1 is 1.00 bits per heavy atom. The van der Waals surface area contributed by atoms with Crippen molar-refractivity contribution in [3.63, 3.8) is 0 Å². The smallest absolute Gasteiger partial charge is 0.119 e. The van der Waals surface area contributed by atoms with Crippen molar-refractivity contribution in [2.24, 2.45) is 0 Å². The molecule has 0 aliphatic carbocycles. The van der Waals surface area contributed by atoms with Gasteiger partial charge in [0.2, 0.25) is 0 Å². The molecule has 0 fully saturated rings. The summed E-state index contributed by atoms with van der Waals surface area (Å²) in [4.78, 5) is 0. The molecule has 2 aromatic carbocycles. The summed E-state index contributed by atoms with van der Waals surface area (Å²) in [6.07, 6.45) is 6.35. The number of hydrogen-bond donors (Lipinski definition) is 0. The lowest BCUT2D eigenvalue weighted by molar-refractivity contribution is 0.309. The van der Waals surface area contributed by atoms with E-state index in [1.165, 1.54) is 5.56 Å². The fourth-order valence-corrected chi connectivity index (χ4v) is 2.48. The number of benzene rings is 2. The van der Waals surface area contributed by atoms with Crippen LogP contribution in [0, 0.1) is 11.3 Å². The fraction of sp³-hybridized carbons (Fsp3) is 0.318. The summed E-state index contributed by atoms with van der Waals surface area (Å²) in [7, 11) is 0. The van der Waals surface area contributed by atoms with Gasteiger partial charge in [-0.15, -0.1) is 0 Å². The molecule has 0 aromatic heterocycles. The third-order valence-electron chi connectivity index (χ3n) is 3.88. The summed E-state index contributed by atoms with van der Waals surface area (Å²) in [6, 6.07) is 18.5. The molecule has 124 valence electrons. The summed E-state index contributed by atoms with van der Waals surface area (Å²) in [5.41, 5.74) is 3.97. The number of unbranched alkanes of at least 4 members (excludes halogenated alkanes) is 1. The molecule has 24 heavy (non-hydrogen) atoms. The highest BCUT2D eigenvalue weighted by Crippen LogP contribution is 2.21. The van der Waals surface area contributed by atoms with Crippen molar-refractivity contribution in [1.82, 2.24) is 0 Å². The minimum absolute atomic E-state index is 0.665. The Bertz CT molecular complexity index is 690. The lowest BCUT2D eigenvalue weighted by Crippen LogP contribution is -1.96. The van der Waals surface area contributed by atoms with Crippen molar-refractivity contribution < 1.29 is 4.74 Å². The summed E-state index contributed by atoms with van der Waals surface area (Å²) in [6.45, 7) is 5.06. The molecule has 0 saturated heterocycles. The van der Waals surface area contributed by atoms with E-state index in [1.807, 2.05) is 30.3 Å². The van der Waals surface area contributed by atoms with Crippen molar-refractivity contribution >= 4 is 11.6 Å². The largest absolute Gasteiger partial charge is 0.494 e. The van der Waals surface area contributed by atoms with Crippen LogP contribution in [0.5, 0.6) is 5.75 Å². The number of allylic oxidation sites excluding steroid dienone is 1. The molecule has 0 unspecified atom stereocenters. The average Bonchev–Trinajstić information content (AvgIpc) is 2.62. The predicted molar refractivity (Wildman–Crippen MR) is 101 cm³/mol. The van der Waals surface area contributed by atoms with E-state index in [-0.39, 0.29) is 0 Å². The maximum atomic E-state index is 9.47. The first kappa shape index (κ1) is 17.8. The summed E-state index contributed by atoms with van der Waals surface area (Å²) < 4.78 is 5.67. The van der Waals surface area contributed by atoms with E-state index in [0.29, 0.717) is 5.57 Å². The summed E-state index contributed by atoms with van der Waals surface area (Å²) in [5.74, 6) is 0.855. The Morgan fingerprint density at radius 3 is 2.29 bits per heavy atom. The first-order valence-corrected chi connectivity index (χ1v) is 8.70. The van der Waals surface area contributed by atoms with E-state index in [4.69, 9.17) is 4.74 Å². The zero-order chi connectivity index (χ0) is 17.2. The molecule has 0 aliphatic rings. The number of aryl methyl sites for hydroxylation is 1. The lowest BCUT2D eigenvalue weighted by atomic mass is 10.0. The van der Waals surface area contributed by atoms with E-state index < -0.39 is 0 Å². The van der Waals surface area contributed by atoms with Crippen molar-refractivity contribution in [3.8, 4) is 11.8 Å². The predicted octanol–water partition coefficient (Wildman–Crippen LogP) is 5.88. The number of hydrogen-bond acceptors (Lipinski definition) is 2. The Morgan fingerprint density at radius 2 is 1.71 bits per heavy atom. The molecule has 2 rings (SSSR count). The fourth-order valence-electron chi connectivity index (χ4n) is 2.48. The molecule has 0 atom stereocenters. The Kier molecular flexibility index (Phi) is 7.11. The number of ether oxygens (including phenoxy) is 1. The van der Waals surface area contributed by atoms with Crippen LogP contribution in [0.15, 0.2) is 48.5 Å². The van der Waals surface area contributed by atoms with E-state index in [2.05, 4.69) is 44.2 Å². The number of rotatable bonds is 8. The van der Waals surface area contributed by atoms with Gasteiger partial charge in [0, 0.05) is 0 Å². The van der Waals surface area contributed by atoms with Gasteiger partial charge in [-0.3, -0.25) is 0 Å². The van der Waals surface area contributed by atoms with Crippen LogP contribution in [0.4, 0.5) is 0 Å². The molecular formula is C22H25NO. The second-order valence-corrected chi connectivity index (χ2v) is 5.89. The third-order valence-corrected chi connectivity index (χ3v) is 3.88. The molecule has 0 heterocycles. The summed E-state index contributed by atoms with van der Waals surface area (Å²) >= 11 is 0. The summed E-state index contributed by atoms with van der Waals surface area (Å²) in [5, 5.41) is 9.47. The molecule has 0 N–H and O–H groups in total. The maximum absolute atomic E-state index is 9.47. The Hall–Kier alpha value is -2.53. The van der Waals surface area contributed by atoms with Crippen LogP contribution in [-0.4, -0.2) is 6.61 Å². The first-order chi connectivity index (χ1) is 11.8. The first-order valence-electron chi connectivity index (χ1n) is 8.70. The molecule has 0 saturated carbocycles. The zero-order valence-electron chi connectivity index (χ0n) is 14.6. The molecule has 0 radical (unpaired) electrons. The van der Waals surface area contributed by atoms with Crippen LogP contribution in [0.1, 0.15) is 49.8 Å². The van der Waals surface area contributed by atoms with Gasteiger partial charge >= 0.3 is 0 Å². The Labute approximate surface area is 145 Å². The molecule has 0 spiro atoms. The molecule has 0 aliphatic heterocycles. The number of nitriles is 1. The van der Waals surface area contributed by atoms with Gasteiger partial charge in [-0.25, -0.2) is 0 Å². The standard InChI is InChI=1S/C22H25NO/c1-3-5-15-24-22-13-11-20(12-14-22)21(17-23)16-19-9-7-18(6-4-2)8-10-19/h7-14,16H,3-6,15H2,1-2H3. The minimum atomic E-state index is 0.665. The highest BCUT2D eigenvalue weighted by molar-refractivity contribution is 5.89. The maximum Gasteiger partial charge on any atom is 0.119 e. The topological polar surface area (TPSA) is 33.0 Å². The van der Waals surface area contributed by atoms with Gasteiger partial charge in [0.25, 0.3) is 0 Å². The molecule has 2 nitrogen and oxygen atoms in total. The van der Waals surface area contributed by atoms with E-state index in [0.717, 1.165) is 49.2 Å². The van der Waals surface area contributed by atoms with Gasteiger partial charge in [-0.05, 0) is 59.9 Å². The molecule has 0 bridgehead atoms. The Balaban J connectivity index is 2.11. The van der Waals surface area contributed by atoms with Gasteiger partial charge in [0.1, 0.15) is 5.75 Å². The normalized spacial score (nSPS) is 11.1. The van der Waals surface area contributed by atoms with Crippen LogP contribution in [0.25, 0.3) is 11.6 Å². The van der Waals surface area contributed by atoms with Crippen LogP contribution in [0.3, 0.4) is 0 Å². The highest BCUT2D eigenvalue weighted by Gasteiger charge is 2.02. The zero-order valence-corrected chi connectivity index (χ0v) is 14.6. The SMILES string of the molecule is CCCCOc1ccc(C(C#N)=Cc2ccc(CCC)cc2)cc1. The van der Waals surface area contributed by atoms with Crippen molar-refractivity contribution in [1.29, 1.82) is 5.26 Å². The van der Waals surface area contributed by atoms with E-state index in [1.54, 1.807) is 0 Å². The highest BCUT2D eigenvalue weighted by atomic mass is 16.5. The molecule has 2 heteroatoms. The van der Waals surface area contributed by atoms with Crippen molar-refractivity contribution in [3.05, 3.63) is 65.2 Å². The average molecular weight is 319 g/mol. The third kappa shape index (κ3) is 5.28. The lowest BCUT2D eigenvalue weighted by Gasteiger charge is -2.06. The monoisotopic (exact) mass is 319 g/mol. The molecule has 2 aromatic rings. The van der Waals surface area contributed by atoms with Crippen LogP contribution < -0.4 is 4.74 Å². The van der Waals surface area contributed by atoms with Crippen LogP contribution in [0.2, 0.25) is 0 Å². The van der Waals surface area contributed by atoms with Gasteiger partial charge in [-0.2, -0.15) is 5.26 Å². The second kappa shape index (κ2) is 9.57. The molecule has 0 amide bonds. The number of nitrogens with zero attached hydrogens (tertiary/aromatic N) is 1. The van der Waals surface area contributed by atoms with Crippen molar-refractivity contribution in [2.45, 2.75) is 39.5 Å². The van der Waals surface area contributed by atoms with Gasteiger partial charge in [0.05, 0.1) is 18.2 Å². The van der Waals surface area contributed by atoms with E-state index in [9.17, 15) is 5.26 Å². The van der Waals surface area contributed by atoms with Crippen LogP contribution in [-0.2, 0) is 6.42 Å². The minimum Gasteiger partial charge on any atom is -0.494 e. The van der Waals surface area contributed by atoms with Gasteiger partial charge in [-0.1, -0.05) is 51.0 Å². The quantitative estimate of drug-likeness (QED) is 0.346. The second-order valence-electron chi connectivity index (χ2n) is 5.89. The van der Waals surface area contributed by atoms with E-state index >= 15 is 0 Å². The van der Waals surface area contributed by atoms with Gasteiger partial charge in [0.15, 0.2) is 0 Å².